The van der Waals surface area contributed by atoms with Crippen LogP contribution in [0.4, 0.5) is 0 Å². The zero-order chi connectivity index (χ0) is 30.9. The quantitative estimate of drug-likeness (QED) is 0.179. The maximum Gasteiger partial charge on any atom is -0.000705 e. The highest BCUT2D eigenvalue weighted by molar-refractivity contribution is 6.23. The van der Waals surface area contributed by atoms with Crippen LogP contribution in [0.1, 0.15) is 11.1 Å². The molecule has 0 aliphatic heterocycles. The van der Waals surface area contributed by atoms with Crippen molar-refractivity contribution in [3.8, 4) is 44.5 Å². The lowest BCUT2D eigenvalue weighted by Crippen LogP contribution is -1.92. The lowest BCUT2D eigenvalue weighted by atomic mass is 9.84. The summed E-state index contributed by atoms with van der Waals surface area (Å²) in [5, 5.41) is 10.3. The molecule has 0 heterocycles. The van der Waals surface area contributed by atoms with Crippen molar-refractivity contribution in [3.05, 3.63) is 181 Å². The summed E-state index contributed by atoms with van der Waals surface area (Å²) in [5.74, 6) is 0. The molecule has 1 aliphatic carbocycles. The van der Waals surface area contributed by atoms with E-state index in [0.29, 0.717) is 0 Å². The van der Waals surface area contributed by atoms with Gasteiger partial charge in [0, 0.05) is 0 Å². The van der Waals surface area contributed by atoms with Gasteiger partial charge >= 0.3 is 0 Å². The van der Waals surface area contributed by atoms with E-state index >= 15 is 0 Å². The Balaban J connectivity index is 1.27. The Bertz CT molecular complexity index is 2630. The first kappa shape index (κ1) is 26.3. The normalized spacial score (nSPS) is 12.2. The summed E-state index contributed by atoms with van der Waals surface area (Å²) in [6.07, 6.45) is 0.946. The Morgan fingerprint density at radius 1 is 0.298 bits per heavy atom. The van der Waals surface area contributed by atoms with Crippen molar-refractivity contribution in [1.29, 1.82) is 0 Å². The summed E-state index contributed by atoms with van der Waals surface area (Å²) >= 11 is 0. The van der Waals surface area contributed by atoms with Crippen LogP contribution in [0.15, 0.2) is 170 Å². The summed E-state index contributed by atoms with van der Waals surface area (Å²) in [7, 11) is 0. The predicted molar refractivity (Wildman–Crippen MR) is 201 cm³/mol. The molecule has 10 rings (SSSR count). The van der Waals surface area contributed by atoms with Crippen LogP contribution >= 0.6 is 0 Å². The minimum Gasteiger partial charge on any atom is -0.0622 e. The fourth-order valence-corrected chi connectivity index (χ4v) is 8.24. The van der Waals surface area contributed by atoms with Crippen molar-refractivity contribution in [2.45, 2.75) is 6.42 Å². The third-order valence-electron chi connectivity index (χ3n) is 10.3. The van der Waals surface area contributed by atoms with E-state index in [1.165, 1.54) is 98.7 Å². The molecule has 0 aromatic heterocycles. The van der Waals surface area contributed by atoms with Gasteiger partial charge in [0.15, 0.2) is 0 Å². The summed E-state index contributed by atoms with van der Waals surface area (Å²) in [5.41, 5.74) is 13.4. The molecule has 0 heteroatoms. The lowest BCUT2D eigenvalue weighted by Gasteiger charge is -2.19. The van der Waals surface area contributed by atoms with Crippen molar-refractivity contribution < 1.29 is 0 Å². The molecule has 47 heavy (non-hydrogen) atoms. The monoisotopic (exact) mass is 594 g/mol. The first-order valence-electron chi connectivity index (χ1n) is 16.5. The maximum absolute atomic E-state index is 2.48. The molecule has 0 amide bonds. The number of hydrogen-bond acceptors (Lipinski definition) is 0. The van der Waals surface area contributed by atoms with Crippen LogP contribution in [0.2, 0.25) is 0 Å². The van der Waals surface area contributed by atoms with E-state index in [9.17, 15) is 0 Å². The van der Waals surface area contributed by atoms with Crippen LogP contribution in [0.5, 0.6) is 0 Å². The lowest BCUT2D eigenvalue weighted by molar-refractivity contribution is 1.27. The molecule has 0 saturated heterocycles. The van der Waals surface area contributed by atoms with Gasteiger partial charge in [-0.25, -0.2) is 0 Å². The van der Waals surface area contributed by atoms with Gasteiger partial charge in [-0.3, -0.25) is 0 Å². The standard InChI is InChI=1S/C47H30/c1-2-13-31(14-3-1)42-27-32-16-5-7-19-36(32)46-43-29-34(26-25-33(43)28-44(42)46)45-38-20-8-10-22-40(38)47(41-23-11-9-21-39(41)45)37-24-12-17-30-15-4-6-18-35(30)37/h1-27,29H,28H2. The zero-order valence-corrected chi connectivity index (χ0v) is 25.9. The minimum absolute atomic E-state index is 0.946. The average molecular weight is 595 g/mol. The van der Waals surface area contributed by atoms with Crippen molar-refractivity contribution in [3.63, 3.8) is 0 Å². The Hall–Kier alpha value is -5.98. The third kappa shape index (κ3) is 3.95. The molecule has 0 spiro atoms. The van der Waals surface area contributed by atoms with Crippen LogP contribution in [-0.4, -0.2) is 0 Å². The molecule has 0 radical (unpaired) electrons. The van der Waals surface area contributed by atoms with Crippen LogP contribution in [-0.2, 0) is 6.42 Å². The van der Waals surface area contributed by atoms with Gasteiger partial charge in [0.1, 0.15) is 0 Å². The zero-order valence-electron chi connectivity index (χ0n) is 25.9. The second-order valence-electron chi connectivity index (χ2n) is 12.8. The van der Waals surface area contributed by atoms with E-state index in [-0.39, 0.29) is 0 Å². The van der Waals surface area contributed by atoms with E-state index in [1.54, 1.807) is 0 Å². The number of benzene rings is 9. The van der Waals surface area contributed by atoms with Gasteiger partial charge in [0.05, 0.1) is 0 Å². The molecular weight excluding hydrogens is 565 g/mol. The first-order chi connectivity index (χ1) is 23.3. The number of hydrogen-bond donors (Lipinski definition) is 0. The van der Waals surface area contributed by atoms with Gasteiger partial charge in [0.2, 0.25) is 0 Å². The number of fused-ring (bicyclic) bond motifs is 8. The minimum atomic E-state index is 0.946. The molecule has 0 fully saturated rings. The van der Waals surface area contributed by atoms with E-state index in [4.69, 9.17) is 0 Å². The topological polar surface area (TPSA) is 0 Å². The highest BCUT2D eigenvalue weighted by Crippen LogP contribution is 2.50. The van der Waals surface area contributed by atoms with E-state index in [0.717, 1.165) is 6.42 Å². The molecule has 0 saturated carbocycles. The van der Waals surface area contributed by atoms with E-state index in [2.05, 4.69) is 170 Å². The van der Waals surface area contributed by atoms with Gasteiger partial charge in [-0.05, 0) is 117 Å². The molecule has 0 N–H and O–H groups in total. The summed E-state index contributed by atoms with van der Waals surface area (Å²) in [6.45, 7) is 0. The molecule has 0 unspecified atom stereocenters. The molecule has 9 aromatic carbocycles. The fraction of sp³-hybridized carbons (Fsp3) is 0.0213. The van der Waals surface area contributed by atoms with Crippen LogP contribution in [0.25, 0.3) is 87.6 Å². The largest absolute Gasteiger partial charge is 0.0622 e. The molecular formula is C47H30. The number of rotatable bonds is 3. The van der Waals surface area contributed by atoms with Crippen molar-refractivity contribution in [2.75, 3.05) is 0 Å². The molecule has 1 aliphatic rings. The van der Waals surface area contributed by atoms with Gasteiger partial charge in [-0.2, -0.15) is 0 Å². The average Bonchev–Trinajstić information content (AvgIpc) is 3.53. The summed E-state index contributed by atoms with van der Waals surface area (Å²) in [4.78, 5) is 0. The van der Waals surface area contributed by atoms with Crippen LogP contribution in [0.3, 0.4) is 0 Å². The predicted octanol–water partition coefficient (Wildman–Crippen LogP) is 12.9. The molecule has 218 valence electrons. The Labute approximate surface area is 274 Å². The Morgan fingerprint density at radius 2 is 0.872 bits per heavy atom. The van der Waals surface area contributed by atoms with E-state index in [1.807, 2.05) is 0 Å². The highest BCUT2D eigenvalue weighted by Gasteiger charge is 2.26. The third-order valence-corrected chi connectivity index (χ3v) is 10.3. The van der Waals surface area contributed by atoms with Gasteiger partial charge < -0.3 is 0 Å². The Morgan fingerprint density at radius 3 is 1.60 bits per heavy atom. The first-order valence-corrected chi connectivity index (χ1v) is 16.5. The molecule has 0 nitrogen and oxygen atoms in total. The molecule has 9 aromatic rings. The highest BCUT2D eigenvalue weighted by atomic mass is 14.3. The SMILES string of the molecule is c1ccc(-c2cc3ccccc3c3c2Cc2ccc(-c4c5ccccc5c(-c5cccc6ccccc56)c5ccccc45)cc2-3)cc1. The maximum atomic E-state index is 2.48. The van der Waals surface area contributed by atoms with Crippen LogP contribution in [0, 0.1) is 0 Å². The smallest absolute Gasteiger partial charge is 0.000705 e. The van der Waals surface area contributed by atoms with Gasteiger partial charge in [-0.1, -0.05) is 158 Å². The Kier molecular flexibility index (Phi) is 5.74. The summed E-state index contributed by atoms with van der Waals surface area (Å²) in [6, 6.07) is 62.9. The van der Waals surface area contributed by atoms with Gasteiger partial charge in [-0.15, -0.1) is 0 Å². The van der Waals surface area contributed by atoms with Crippen LogP contribution < -0.4 is 0 Å². The van der Waals surface area contributed by atoms with Crippen molar-refractivity contribution in [1.82, 2.24) is 0 Å². The molecule has 0 bridgehead atoms. The fourth-order valence-electron chi connectivity index (χ4n) is 8.24. The van der Waals surface area contributed by atoms with E-state index < -0.39 is 0 Å². The summed E-state index contributed by atoms with van der Waals surface area (Å²) < 4.78 is 0. The second-order valence-corrected chi connectivity index (χ2v) is 12.8. The van der Waals surface area contributed by atoms with Gasteiger partial charge in [0.25, 0.3) is 0 Å². The van der Waals surface area contributed by atoms with Crippen molar-refractivity contribution in [2.24, 2.45) is 0 Å². The molecule has 0 atom stereocenters. The second kappa shape index (κ2) is 10.3. The van der Waals surface area contributed by atoms with Crippen molar-refractivity contribution >= 4 is 43.1 Å².